The van der Waals surface area contributed by atoms with Crippen LogP contribution in [0.15, 0.2) is 17.5 Å². The average molecular weight is 293 g/mol. The van der Waals surface area contributed by atoms with Gasteiger partial charge in [-0.2, -0.15) is 5.10 Å². The minimum Gasteiger partial charge on any atom is -0.299 e. The fourth-order valence-electron chi connectivity index (χ4n) is 2.85. The van der Waals surface area contributed by atoms with Crippen LogP contribution in [0.4, 0.5) is 0 Å². The molecule has 2 heterocycles. The van der Waals surface area contributed by atoms with Gasteiger partial charge in [0.25, 0.3) is 0 Å². The van der Waals surface area contributed by atoms with Crippen LogP contribution >= 0.6 is 23.6 Å². The first kappa shape index (κ1) is 13.1. The third kappa shape index (κ3) is 2.82. The highest BCUT2D eigenvalue weighted by molar-refractivity contribution is 7.71. The second-order valence-corrected chi connectivity index (χ2v) is 6.90. The molecule has 1 saturated carbocycles. The molecule has 0 aliphatic heterocycles. The molecule has 0 unspecified atom stereocenters. The first-order chi connectivity index (χ1) is 9.24. The Labute approximate surface area is 122 Å². The molecule has 1 N–H and O–H groups in total. The van der Waals surface area contributed by atoms with E-state index in [0.29, 0.717) is 0 Å². The molecule has 2 aromatic rings. The fourth-order valence-corrected chi connectivity index (χ4v) is 3.78. The molecule has 0 bridgehead atoms. The molecular weight excluding hydrogens is 274 g/mol. The van der Waals surface area contributed by atoms with Crippen molar-refractivity contribution in [2.24, 2.45) is 11.8 Å². The van der Waals surface area contributed by atoms with E-state index in [-0.39, 0.29) is 0 Å². The second-order valence-electron chi connectivity index (χ2n) is 5.57. The lowest BCUT2D eigenvalue weighted by atomic mass is 9.83. The number of nitrogens with one attached hydrogen (secondary N) is 1. The Balaban J connectivity index is 1.81. The van der Waals surface area contributed by atoms with Gasteiger partial charge in [0.05, 0.1) is 4.88 Å². The van der Waals surface area contributed by atoms with Crippen molar-refractivity contribution in [3.05, 3.63) is 22.3 Å². The number of hydrogen-bond donors (Lipinski definition) is 1. The highest BCUT2D eigenvalue weighted by Gasteiger charge is 2.20. The molecule has 19 heavy (non-hydrogen) atoms. The summed E-state index contributed by atoms with van der Waals surface area (Å²) < 4.78 is 2.93. The third-order valence-electron chi connectivity index (χ3n) is 4.08. The average Bonchev–Trinajstić information content (AvgIpc) is 3.03. The number of aromatic nitrogens is 3. The zero-order chi connectivity index (χ0) is 13.2. The van der Waals surface area contributed by atoms with Gasteiger partial charge in [-0.25, -0.2) is 0 Å². The Kier molecular flexibility index (Phi) is 3.84. The van der Waals surface area contributed by atoms with E-state index in [1.807, 2.05) is 0 Å². The maximum absolute atomic E-state index is 5.39. The lowest BCUT2D eigenvalue weighted by Crippen LogP contribution is -2.18. The number of H-pyrrole nitrogens is 1. The maximum Gasteiger partial charge on any atom is 0.195 e. The lowest BCUT2D eigenvalue weighted by molar-refractivity contribution is 0.264. The Morgan fingerprint density at radius 1 is 1.42 bits per heavy atom. The molecule has 5 heteroatoms. The van der Waals surface area contributed by atoms with Crippen LogP contribution in [0.2, 0.25) is 0 Å². The van der Waals surface area contributed by atoms with E-state index < -0.39 is 0 Å². The van der Waals surface area contributed by atoms with Gasteiger partial charge in [0, 0.05) is 6.54 Å². The van der Waals surface area contributed by atoms with Gasteiger partial charge in [-0.15, -0.1) is 11.3 Å². The first-order valence-corrected chi connectivity index (χ1v) is 8.22. The Hall–Kier alpha value is -0.940. The van der Waals surface area contributed by atoms with E-state index in [2.05, 4.69) is 39.2 Å². The highest BCUT2D eigenvalue weighted by atomic mass is 32.1. The second kappa shape index (κ2) is 5.59. The lowest BCUT2D eigenvalue weighted by Gasteiger charge is -2.26. The van der Waals surface area contributed by atoms with Gasteiger partial charge in [-0.1, -0.05) is 25.8 Å². The van der Waals surface area contributed by atoms with Gasteiger partial charge in [-0.3, -0.25) is 9.67 Å². The molecule has 0 atom stereocenters. The van der Waals surface area contributed by atoms with Crippen LogP contribution in [0, 0.1) is 16.6 Å². The van der Waals surface area contributed by atoms with E-state index in [0.717, 1.165) is 29.0 Å². The van der Waals surface area contributed by atoms with Crippen LogP contribution in [0.25, 0.3) is 10.7 Å². The summed E-state index contributed by atoms with van der Waals surface area (Å²) in [7, 11) is 0. The predicted octanol–water partition coefficient (Wildman–Crippen LogP) is 4.50. The van der Waals surface area contributed by atoms with Crippen molar-refractivity contribution in [2.45, 2.75) is 39.2 Å². The van der Waals surface area contributed by atoms with Crippen LogP contribution in [0.1, 0.15) is 32.6 Å². The normalized spacial score (nSPS) is 23.6. The van der Waals surface area contributed by atoms with Crippen molar-refractivity contribution in [3.8, 4) is 10.7 Å². The molecule has 0 amide bonds. The molecule has 1 aliphatic rings. The molecule has 0 saturated heterocycles. The van der Waals surface area contributed by atoms with E-state index >= 15 is 0 Å². The molecule has 0 spiro atoms. The molecule has 3 rings (SSSR count). The zero-order valence-corrected chi connectivity index (χ0v) is 12.8. The molecule has 1 fully saturated rings. The Bertz CT molecular complexity index is 574. The number of thiophene rings is 1. The maximum atomic E-state index is 5.39. The van der Waals surface area contributed by atoms with E-state index in [9.17, 15) is 0 Å². The molecule has 2 aromatic heterocycles. The first-order valence-electron chi connectivity index (χ1n) is 6.93. The molecular formula is C14H19N3S2. The van der Waals surface area contributed by atoms with Crippen molar-refractivity contribution in [1.82, 2.24) is 14.8 Å². The smallest absolute Gasteiger partial charge is 0.195 e. The van der Waals surface area contributed by atoms with Gasteiger partial charge in [-0.05, 0) is 48.3 Å². The minimum atomic E-state index is 0.749. The minimum absolute atomic E-state index is 0.749. The Morgan fingerprint density at radius 3 is 2.89 bits per heavy atom. The zero-order valence-electron chi connectivity index (χ0n) is 11.1. The summed E-state index contributed by atoms with van der Waals surface area (Å²) in [5, 5.41) is 9.42. The van der Waals surface area contributed by atoms with Gasteiger partial charge >= 0.3 is 0 Å². The third-order valence-corrected chi connectivity index (χ3v) is 5.25. The molecule has 102 valence electrons. The summed E-state index contributed by atoms with van der Waals surface area (Å²) >= 11 is 7.10. The largest absolute Gasteiger partial charge is 0.299 e. The van der Waals surface area contributed by atoms with E-state index in [1.54, 1.807) is 11.3 Å². The molecule has 3 nitrogen and oxygen atoms in total. The predicted molar refractivity (Wildman–Crippen MR) is 81.8 cm³/mol. The topological polar surface area (TPSA) is 33.6 Å². The standard InChI is InChI=1S/C14H19N3S2/c1-10-4-6-11(7-5-10)9-17-13(15-16-14(17)18)12-3-2-8-19-12/h2-3,8,10-11H,4-7,9H2,1H3,(H,16,18). The Morgan fingerprint density at radius 2 is 2.21 bits per heavy atom. The van der Waals surface area contributed by atoms with Crippen LogP contribution in [0.5, 0.6) is 0 Å². The van der Waals surface area contributed by atoms with Crippen molar-refractivity contribution in [3.63, 3.8) is 0 Å². The van der Waals surface area contributed by atoms with Crippen molar-refractivity contribution >= 4 is 23.6 Å². The quantitative estimate of drug-likeness (QED) is 0.846. The summed E-state index contributed by atoms with van der Waals surface area (Å²) in [6, 6.07) is 4.17. The number of hydrogen-bond acceptors (Lipinski definition) is 3. The van der Waals surface area contributed by atoms with Crippen LogP contribution in [-0.4, -0.2) is 14.8 Å². The van der Waals surface area contributed by atoms with E-state index in [1.165, 1.54) is 30.6 Å². The van der Waals surface area contributed by atoms with Gasteiger partial charge in [0.1, 0.15) is 0 Å². The fraction of sp³-hybridized carbons (Fsp3) is 0.571. The van der Waals surface area contributed by atoms with Gasteiger partial charge in [0.15, 0.2) is 10.6 Å². The van der Waals surface area contributed by atoms with Crippen molar-refractivity contribution < 1.29 is 0 Å². The summed E-state index contributed by atoms with van der Waals surface area (Å²) in [5.74, 6) is 2.64. The van der Waals surface area contributed by atoms with Crippen molar-refractivity contribution in [2.75, 3.05) is 0 Å². The molecule has 0 radical (unpaired) electrons. The number of nitrogens with zero attached hydrogens (tertiary/aromatic N) is 2. The van der Waals surface area contributed by atoms with Gasteiger partial charge in [0.2, 0.25) is 0 Å². The van der Waals surface area contributed by atoms with Crippen LogP contribution in [-0.2, 0) is 6.54 Å². The van der Waals surface area contributed by atoms with Crippen LogP contribution < -0.4 is 0 Å². The monoisotopic (exact) mass is 293 g/mol. The molecule has 0 aromatic carbocycles. The SMILES string of the molecule is CC1CCC(Cn2c(-c3cccs3)n[nH]c2=S)CC1. The van der Waals surface area contributed by atoms with Crippen LogP contribution in [0.3, 0.4) is 0 Å². The number of aromatic amines is 1. The van der Waals surface area contributed by atoms with Gasteiger partial charge < -0.3 is 0 Å². The number of rotatable bonds is 3. The summed E-state index contributed by atoms with van der Waals surface area (Å²) in [6.07, 6.45) is 5.34. The van der Waals surface area contributed by atoms with Crippen molar-refractivity contribution in [1.29, 1.82) is 0 Å². The summed E-state index contributed by atoms with van der Waals surface area (Å²) in [6.45, 7) is 3.37. The van der Waals surface area contributed by atoms with E-state index in [4.69, 9.17) is 12.2 Å². The molecule has 1 aliphatic carbocycles. The summed E-state index contributed by atoms with van der Waals surface area (Å²) in [4.78, 5) is 1.19. The highest BCUT2D eigenvalue weighted by Crippen LogP contribution is 2.31. The summed E-state index contributed by atoms with van der Waals surface area (Å²) in [5.41, 5.74) is 0.